The lowest BCUT2D eigenvalue weighted by Crippen LogP contribution is -2.54. The van der Waals surface area contributed by atoms with E-state index in [4.69, 9.17) is 21.1 Å². The van der Waals surface area contributed by atoms with Gasteiger partial charge in [-0.25, -0.2) is 0 Å². The van der Waals surface area contributed by atoms with Crippen molar-refractivity contribution < 1.29 is 45.8 Å². The number of halogens is 6. The number of carbonyl (C=O) groups is 2. The van der Waals surface area contributed by atoms with Crippen molar-refractivity contribution in [3.8, 4) is 5.75 Å². The van der Waals surface area contributed by atoms with E-state index in [1.807, 2.05) is 12.1 Å². The van der Waals surface area contributed by atoms with Crippen molar-refractivity contribution in [1.82, 2.24) is 24.6 Å². The normalized spacial score (nSPS) is 20.6. The molecule has 322 valence electrons. The number of ether oxygens (including phenoxy) is 3. The molecule has 4 atom stereocenters. The molecule has 1 amide bonds. The fourth-order valence-corrected chi connectivity index (χ4v) is 8.73. The summed E-state index contributed by atoms with van der Waals surface area (Å²) in [5.74, 6) is 0.598. The molecular weight excluding hydrogens is 824 g/mol. The molecule has 2 saturated heterocycles. The van der Waals surface area contributed by atoms with Gasteiger partial charge < -0.3 is 28.9 Å². The highest BCUT2D eigenvalue weighted by atomic mass is 35.5. The van der Waals surface area contributed by atoms with Gasteiger partial charge in [-0.15, -0.1) is 11.3 Å². The molecule has 3 aliphatic heterocycles. The van der Waals surface area contributed by atoms with Crippen LogP contribution in [0.2, 0.25) is 5.02 Å². The van der Waals surface area contributed by atoms with E-state index in [0.717, 1.165) is 95.7 Å². The third-order valence-electron chi connectivity index (χ3n) is 10.7. The number of piperidine rings is 1. The van der Waals surface area contributed by atoms with E-state index < -0.39 is 16.7 Å². The first-order valence-electron chi connectivity index (χ1n) is 19.1. The minimum absolute atomic E-state index is 0.0402. The highest BCUT2D eigenvalue weighted by Crippen LogP contribution is 2.38. The molecule has 0 radical (unpaired) electrons. The second-order valence-corrected chi connectivity index (χ2v) is 16.5. The molecule has 1 aromatic carbocycles. The van der Waals surface area contributed by atoms with Crippen LogP contribution in [0.5, 0.6) is 5.75 Å². The molecule has 3 aliphatic rings. The number of thiophene rings is 1. The molecule has 5 heterocycles. The summed E-state index contributed by atoms with van der Waals surface area (Å²) >= 11 is 6.89. The van der Waals surface area contributed by atoms with Crippen molar-refractivity contribution in [1.29, 1.82) is 0 Å². The quantitative estimate of drug-likeness (QED) is 0.105. The molecule has 3 aromatic rings. The summed E-state index contributed by atoms with van der Waals surface area (Å²) in [6.45, 7) is 9.58. The predicted molar refractivity (Wildman–Crippen MR) is 219 cm³/mol. The number of alkyl halides is 5. The number of hydrogen-bond donors (Lipinski definition) is 0. The molecule has 2 unspecified atom stereocenters. The maximum atomic E-state index is 14.1. The molecule has 0 bridgehead atoms. The number of rotatable bonds is 12. The Morgan fingerprint density at radius 1 is 1.00 bits per heavy atom. The fraction of sp³-hybridized carbons (Fsp3) is 0.575. The van der Waals surface area contributed by atoms with E-state index in [1.54, 1.807) is 14.2 Å². The maximum Gasteiger partial charge on any atom is 0.425 e. The molecule has 6 rings (SSSR count). The van der Waals surface area contributed by atoms with Crippen LogP contribution in [0.1, 0.15) is 57.4 Å². The molecule has 10 nitrogen and oxygen atoms in total. The molecule has 58 heavy (non-hydrogen) atoms. The highest BCUT2D eigenvalue weighted by Gasteiger charge is 2.40. The summed E-state index contributed by atoms with van der Waals surface area (Å²) in [7, 11) is 8.39. The largest absolute Gasteiger partial charge is 0.496 e. The third kappa shape index (κ3) is 13.6. The summed E-state index contributed by atoms with van der Waals surface area (Å²) in [4.78, 5) is 36.8. The van der Waals surface area contributed by atoms with Crippen LogP contribution < -0.4 is 4.74 Å². The number of likely N-dealkylation sites (tertiary alicyclic amines) is 1. The number of fused-ring (bicyclic) bond motifs is 1. The Kier molecular flexibility index (Phi) is 18.7. The highest BCUT2D eigenvalue weighted by molar-refractivity contribution is 7.17. The molecule has 0 saturated carbocycles. The Morgan fingerprint density at radius 2 is 1.71 bits per heavy atom. The van der Waals surface area contributed by atoms with Gasteiger partial charge in [-0.1, -0.05) is 26.9 Å². The van der Waals surface area contributed by atoms with Gasteiger partial charge in [0.1, 0.15) is 16.3 Å². The number of hydrogen-bond acceptors (Lipinski definition) is 10. The number of aldehydes is 1. The second-order valence-electron chi connectivity index (χ2n) is 14.4. The van der Waals surface area contributed by atoms with Gasteiger partial charge >= 0.3 is 6.18 Å². The summed E-state index contributed by atoms with van der Waals surface area (Å²) in [6, 6.07) is 9.82. The molecule has 18 heteroatoms. The van der Waals surface area contributed by atoms with E-state index in [-0.39, 0.29) is 35.0 Å². The maximum absolute atomic E-state index is 14.1. The Balaban J connectivity index is 0.000000262. The third-order valence-corrected chi connectivity index (χ3v) is 12.2. The van der Waals surface area contributed by atoms with E-state index in [1.165, 1.54) is 51.2 Å². The standard InChI is InChI=1S/C27H43ClN4O3.C7H6F2NOP.C6H5F3OS/c1-29-10-4-5-24(25(29)9-11-30-13-15-31(16-14-30)17-18-34-2)27(33)32-12-8-21-19-22(28)6-7-23(21)26(32)20-35-3;8-7(9,12)5-2-1-3-10-6(5)4-11;1-10-4-2-5(11-3-4)6(7,8)9/h6-7,19,24-26H,4-5,8-18,20H2,1-3H3;1-4H,12H2;2-3H,1H3/t24-,25-,26?;;/m1../s1. The van der Waals surface area contributed by atoms with Crippen molar-refractivity contribution in [2.75, 3.05) is 93.9 Å². The SMILES string of the molecule is COCCN1CCN(CC[C@@H]2[C@H](C(=O)N3CCc4cc(Cl)ccc4C3COC)CCCN2C)CC1.COc1csc(C(F)(F)F)c1.O=Cc1ncccc1C(F)(F)P. The van der Waals surface area contributed by atoms with Gasteiger partial charge in [-0.2, -0.15) is 22.0 Å². The van der Waals surface area contributed by atoms with Gasteiger partial charge in [-0.3, -0.25) is 19.5 Å². The van der Waals surface area contributed by atoms with Crippen LogP contribution in [0.25, 0.3) is 0 Å². The average molecular weight is 878 g/mol. The van der Waals surface area contributed by atoms with Crippen LogP contribution in [-0.2, 0) is 32.5 Å². The molecule has 0 aliphatic carbocycles. The topological polar surface area (TPSA) is 87.7 Å². The number of aromatic nitrogens is 1. The first-order valence-corrected chi connectivity index (χ1v) is 20.9. The zero-order chi connectivity index (χ0) is 42.5. The van der Waals surface area contributed by atoms with Gasteiger partial charge in [0.05, 0.1) is 37.8 Å². The second kappa shape index (κ2) is 22.7. The minimum Gasteiger partial charge on any atom is -0.496 e. The Hall–Kier alpha value is -2.82. The minimum atomic E-state index is -4.25. The zero-order valence-corrected chi connectivity index (χ0v) is 36.1. The Morgan fingerprint density at radius 3 is 2.28 bits per heavy atom. The lowest BCUT2D eigenvalue weighted by molar-refractivity contribution is -0.144. The number of amides is 1. The van der Waals surface area contributed by atoms with Crippen molar-refractivity contribution in [3.05, 3.63) is 80.3 Å². The number of pyridine rings is 1. The van der Waals surface area contributed by atoms with Crippen molar-refractivity contribution in [2.24, 2.45) is 5.92 Å². The smallest absolute Gasteiger partial charge is 0.425 e. The van der Waals surface area contributed by atoms with E-state index in [0.29, 0.717) is 30.1 Å². The van der Waals surface area contributed by atoms with Crippen molar-refractivity contribution >= 4 is 44.4 Å². The summed E-state index contributed by atoms with van der Waals surface area (Å²) < 4.78 is 76.4. The van der Waals surface area contributed by atoms with Gasteiger partial charge in [0.25, 0.3) is 5.66 Å². The average Bonchev–Trinajstić information content (AvgIpc) is 3.71. The summed E-state index contributed by atoms with van der Waals surface area (Å²) in [6.07, 6.45) is 1.31. The van der Waals surface area contributed by atoms with Crippen LogP contribution in [-0.4, -0.2) is 137 Å². The van der Waals surface area contributed by atoms with Gasteiger partial charge in [-0.05, 0) is 81.2 Å². The lowest BCUT2D eigenvalue weighted by Gasteiger charge is -2.45. The van der Waals surface area contributed by atoms with Crippen molar-refractivity contribution in [2.45, 2.75) is 49.6 Å². The lowest BCUT2D eigenvalue weighted by atomic mass is 9.84. The number of methoxy groups -OCH3 is 3. The van der Waals surface area contributed by atoms with Crippen LogP contribution in [0.15, 0.2) is 48.0 Å². The number of carbonyl (C=O) groups excluding carboxylic acids is 2. The van der Waals surface area contributed by atoms with Crippen molar-refractivity contribution in [3.63, 3.8) is 0 Å². The predicted octanol–water partition coefficient (Wildman–Crippen LogP) is 7.37. The van der Waals surface area contributed by atoms with Crippen LogP contribution in [0, 0.1) is 5.92 Å². The molecule has 2 fully saturated rings. The van der Waals surface area contributed by atoms with Crippen LogP contribution in [0.4, 0.5) is 22.0 Å². The summed E-state index contributed by atoms with van der Waals surface area (Å²) in [5, 5.41) is 2.08. The monoisotopic (exact) mass is 877 g/mol. The van der Waals surface area contributed by atoms with Crippen LogP contribution >= 0.6 is 32.2 Å². The van der Waals surface area contributed by atoms with E-state index in [2.05, 4.69) is 42.4 Å². The summed E-state index contributed by atoms with van der Waals surface area (Å²) in [5.41, 5.74) is -1.26. The van der Waals surface area contributed by atoms with Gasteiger partial charge in [0.2, 0.25) is 5.91 Å². The van der Waals surface area contributed by atoms with Gasteiger partial charge in [0.15, 0.2) is 6.29 Å². The number of nitrogens with zero attached hydrogens (tertiary/aromatic N) is 5. The number of piperazine rings is 1. The first-order chi connectivity index (χ1) is 27.6. The zero-order valence-electron chi connectivity index (χ0n) is 33.4. The van der Waals surface area contributed by atoms with E-state index >= 15 is 0 Å². The van der Waals surface area contributed by atoms with Crippen LogP contribution in [0.3, 0.4) is 0 Å². The molecule has 0 N–H and O–H groups in total. The Labute approximate surface area is 349 Å². The number of benzene rings is 1. The first kappa shape index (κ1) is 47.9. The van der Waals surface area contributed by atoms with E-state index in [9.17, 15) is 31.5 Å². The molecule has 2 aromatic heterocycles. The molecular formula is C40H54ClF5N5O5PS. The van der Waals surface area contributed by atoms with Gasteiger partial charge in [0, 0.05) is 82.2 Å². The Bertz CT molecular complexity index is 1750. The fourth-order valence-electron chi connectivity index (χ4n) is 7.57. The molecule has 0 spiro atoms.